The lowest BCUT2D eigenvalue weighted by molar-refractivity contribution is 0.325. The number of nitrogens with one attached hydrogen (secondary N) is 1. The van der Waals surface area contributed by atoms with Crippen molar-refractivity contribution in [3.05, 3.63) is 22.8 Å². The number of hydrogen-bond donors (Lipinski definition) is 1. The summed E-state index contributed by atoms with van der Waals surface area (Å²) in [5, 5.41) is 4.14. The van der Waals surface area contributed by atoms with Gasteiger partial charge in [-0.15, -0.1) is 0 Å². The van der Waals surface area contributed by atoms with Crippen LogP contribution in [0.2, 0.25) is 5.02 Å². The maximum atomic E-state index is 6.27. The van der Waals surface area contributed by atoms with E-state index in [0.717, 1.165) is 49.1 Å². The first-order chi connectivity index (χ1) is 10.0. The fourth-order valence-corrected chi connectivity index (χ4v) is 2.98. The van der Waals surface area contributed by atoms with Crippen molar-refractivity contribution in [3.8, 4) is 0 Å². The Bertz CT molecular complexity index is 459. The molecule has 2 heterocycles. The highest BCUT2D eigenvalue weighted by Gasteiger charge is 2.23. The highest BCUT2D eigenvalue weighted by Crippen LogP contribution is 2.31. The van der Waals surface area contributed by atoms with Crippen LogP contribution in [0.4, 0.5) is 5.82 Å². The summed E-state index contributed by atoms with van der Waals surface area (Å²) in [4.78, 5) is 7.20. The van der Waals surface area contributed by atoms with Gasteiger partial charge in [0.25, 0.3) is 0 Å². The predicted octanol–water partition coefficient (Wildman–Crippen LogP) is 4.25. The number of hydrogen-bond acceptors (Lipinski definition) is 3. The van der Waals surface area contributed by atoms with Crippen LogP contribution >= 0.6 is 11.6 Å². The normalized spacial score (nSPS) is 18.6. The Kier molecular flexibility index (Phi) is 5.88. The minimum Gasteiger partial charge on any atom is -0.357 e. The third-order valence-electron chi connectivity index (χ3n) is 4.29. The Morgan fingerprint density at radius 1 is 1.29 bits per heavy atom. The summed E-state index contributed by atoms with van der Waals surface area (Å²) < 4.78 is 0. The van der Waals surface area contributed by atoms with Gasteiger partial charge in [0.15, 0.2) is 0 Å². The fraction of sp³-hybridized carbons (Fsp3) is 0.706. The van der Waals surface area contributed by atoms with Crippen LogP contribution in [0.5, 0.6) is 0 Å². The molecule has 1 fully saturated rings. The summed E-state index contributed by atoms with van der Waals surface area (Å²) in [7, 11) is 0. The first kappa shape index (κ1) is 16.6. The van der Waals surface area contributed by atoms with Gasteiger partial charge in [-0.25, -0.2) is 4.98 Å². The van der Waals surface area contributed by atoms with E-state index >= 15 is 0 Å². The molecule has 1 N–H and O–H groups in total. The minimum atomic E-state index is 0.451. The number of pyridine rings is 1. The van der Waals surface area contributed by atoms with E-state index in [2.05, 4.69) is 37.1 Å². The molecule has 0 aliphatic carbocycles. The lowest BCUT2D eigenvalue weighted by Crippen LogP contribution is -2.26. The second-order valence-corrected chi connectivity index (χ2v) is 7.19. The van der Waals surface area contributed by atoms with Crippen LogP contribution in [-0.2, 0) is 6.54 Å². The first-order valence-electron chi connectivity index (χ1n) is 8.13. The molecule has 21 heavy (non-hydrogen) atoms. The molecule has 1 aromatic heterocycles. The maximum absolute atomic E-state index is 6.27. The Balaban J connectivity index is 2.07. The largest absolute Gasteiger partial charge is 0.357 e. The molecular formula is C17H28ClN3. The van der Waals surface area contributed by atoms with Crippen LogP contribution in [0.15, 0.2) is 12.1 Å². The lowest BCUT2D eigenvalue weighted by atomic mass is 9.85. The van der Waals surface area contributed by atoms with Crippen molar-refractivity contribution in [3.63, 3.8) is 0 Å². The average Bonchev–Trinajstić information content (AvgIpc) is 2.62. The Labute approximate surface area is 134 Å². The average molecular weight is 310 g/mol. The molecule has 0 amide bonds. The second kappa shape index (κ2) is 7.46. The van der Waals surface area contributed by atoms with Crippen LogP contribution in [0.1, 0.15) is 52.1 Å². The van der Waals surface area contributed by atoms with Gasteiger partial charge in [0.05, 0.1) is 10.7 Å². The summed E-state index contributed by atoms with van der Waals surface area (Å²) in [5.41, 5.74) is 1.42. The minimum absolute atomic E-state index is 0.451. The second-order valence-electron chi connectivity index (χ2n) is 6.78. The molecule has 0 spiro atoms. The molecule has 1 aliphatic heterocycles. The van der Waals surface area contributed by atoms with Crippen molar-refractivity contribution in [2.45, 2.75) is 53.0 Å². The number of rotatable bonds is 5. The SMILES string of the molecule is CCCNCc1nc(N2CCCC(C)(C)CC2)ccc1Cl. The smallest absolute Gasteiger partial charge is 0.128 e. The van der Waals surface area contributed by atoms with E-state index in [1.807, 2.05) is 6.07 Å². The number of anilines is 1. The van der Waals surface area contributed by atoms with Gasteiger partial charge in [-0.3, -0.25) is 0 Å². The van der Waals surface area contributed by atoms with Crippen LogP contribution in [0.3, 0.4) is 0 Å². The van der Waals surface area contributed by atoms with Gasteiger partial charge in [-0.05, 0) is 49.8 Å². The Morgan fingerprint density at radius 3 is 2.86 bits per heavy atom. The molecule has 0 saturated carbocycles. The zero-order valence-corrected chi connectivity index (χ0v) is 14.3. The molecule has 1 saturated heterocycles. The van der Waals surface area contributed by atoms with Crippen molar-refractivity contribution in [1.29, 1.82) is 0 Å². The van der Waals surface area contributed by atoms with Crippen molar-refractivity contribution in [2.75, 3.05) is 24.5 Å². The summed E-state index contributed by atoms with van der Waals surface area (Å²) in [6.07, 6.45) is 4.88. The standard InChI is InChI=1S/C17H28ClN3/c1-4-10-19-13-15-14(18)6-7-16(20-15)21-11-5-8-17(2,3)9-12-21/h6-7,19H,4-5,8-13H2,1-3H3. The van der Waals surface area contributed by atoms with Crippen molar-refractivity contribution in [1.82, 2.24) is 10.3 Å². The molecule has 4 heteroatoms. The van der Waals surface area contributed by atoms with Gasteiger partial charge in [0.2, 0.25) is 0 Å². The van der Waals surface area contributed by atoms with Gasteiger partial charge in [-0.2, -0.15) is 0 Å². The van der Waals surface area contributed by atoms with Gasteiger partial charge in [0.1, 0.15) is 5.82 Å². The fourth-order valence-electron chi connectivity index (χ4n) is 2.81. The van der Waals surface area contributed by atoms with Crippen LogP contribution in [0, 0.1) is 5.41 Å². The zero-order chi connectivity index (χ0) is 15.3. The number of halogens is 1. The third-order valence-corrected chi connectivity index (χ3v) is 4.63. The van der Waals surface area contributed by atoms with Crippen molar-refractivity contribution < 1.29 is 0 Å². The van der Waals surface area contributed by atoms with Crippen LogP contribution in [0.25, 0.3) is 0 Å². The molecule has 0 unspecified atom stereocenters. The number of nitrogens with zero attached hydrogens (tertiary/aromatic N) is 2. The zero-order valence-electron chi connectivity index (χ0n) is 13.6. The molecule has 2 rings (SSSR count). The van der Waals surface area contributed by atoms with Crippen LogP contribution < -0.4 is 10.2 Å². The molecule has 1 aliphatic rings. The molecule has 118 valence electrons. The molecule has 0 bridgehead atoms. The van der Waals surface area contributed by atoms with E-state index in [-0.39, 0.29) is 0 Å². The van der Waals surface area contributed by atoms with E-state index in [1.54, 1.807) is 0 Å². The molecule has 1 aromatic rings. The topological polar surface area (TPSA) is 28.2 Å². The summed E-state index contributed by atoms with van der Waals surface area (Å²) in [5.74, 6) is 1.07. The van der Waals surface area contributed by atoms with E-state index in [1.165, 1.54) is 19.3 Å². The van der Waals surface area contributed by atoms with Crippen molar-refractivity contribution in [2.24, 2.45) is 5.41 Å². The lowest BCUT2D eigenvalue weighted by Gasteiger charge is -2.24. The van der Waals surface area contributed by atoms with E-state index in [9.17, 15) is 0 Å². The highest BCUT2D eigenvalue weighted by atomic mass is 35.5. The summed E-state index contributed by atoms with van der Waals surface area (Å²) >= 11 is 6.27. The Morgan fingerprint density at radius 2 is 2.10 bits per heavy atom. The van der Waals surface area contributed by atoms with E-state index in [4.69, 9.17) is 16.6 Å². The van der Waals surface area contributed by atoms with Crippen LogP contribution in [-0.4, -0.2) is 24.6 Å². The van der Waals surface area contributed by atoms with Gasteiger partial charge in [0, 0.05) is 19.6 Å². The molecular weight excluding hydrogens is 282 g/mol. The maximum Gasteiger partial charge on any atom is 0.128 e. The summed E-state index contributed by atoms with van der Waals surface area (Å²) in [6.45, 7) is 10.8. The molecule has 0 atom stereocenters. The third kappa shape index (κ3) is 4.86. The van der Waals surface area contributed by atoms with Crippen molar-refractivity contribution >= 4 is 17.4 Å². The van der Waals surface area contributed by atoms with E-state index < -0.39 is 0 Å². The first-order valence-corrected chi connectivity index (χ1v) is 8.51. The molecule has 3 nitrogen and oxygen atoms in total. The van der Waals surface area contributed by atoms with Gasteiger partial charge in [-0.1, -0.05) is 32.4 Å². The highest BCUT2D eigenvalue weighted by molar-refractivity contribution is 6.31. The monoisotopic (exact) mass is 309 g/mol. The molecule has 0 radical (unpaired) electrons. The summed E-state index contributed by atoms with van der Waals surface area (Å²) in [6, 6.07) is 4.05. The predicted molar refractivity (Wildman–Crippen MR) is 91.1 cm³/mol. The Hall–Kier alpha value is -0.800. The quantitative estimate of drug-likeness (QED) is 0.824. The van der Waals surface area contributed by atoms with Gasteiger partial charge < -0.3 is 10.2 Å². The molecule has 0 aromatic carbocycles. The van der Waals surface area contributed by atoms with E-state index in [0.29, 0.717) is 5.41 Å². The number of aromatic nitrogens is 1. The van der Waals surface area contributed by atoms with Gasteiger partial charge >= 0.3 is 0 Å².